The fraction of sp³-hybridized carbons (Fsp3) is 0.148. The van der Waals surface area contributed by atoms with E-state index in [2.05, 4.69) is 15.0 Å². The summed E-state index contributed by atoms with van der Waals surface area (Å²) in [6.45, 7) is 2.46. The minimum absolute atomic E-state index is 0.0255. The first-order valence-corrected chi connectivity index (χ1v) is 11.3. The molecule has 0 aliphatic carbocycles. The molecular formula is C27H22BF2N5. The van der Waals surface area contributed by atoms with Crippen molar-refractivity contribution in [3.05, 3.63) is 102 Å². The topological polar surface area (TPSA) is 57.7 Å². The van der Waals surface area contributed by atoms with Crippen LogP contribution in [0.5, 0.6) is 0 Å². The summed E-state index contributed by atoms with van der Waals surface area (Å²) < 4.78 is 27.9. The number of aryl methyl sites for hydroxylation is 1. The highest BCUT2D eigenvalue weighted by Crippen LogP contribution is 2.31. The number of nitrogens with zero attached hydrogens (tertiary/aromatic N) is 4. The largest absolute Gasteiger partial charge is 0.347 e. The van der Waals surface area contributed by atoms with Gasteiger partial charge in [0.05, 0.1) is 22.6 Å². The maximum Gasteiger partial charge on any atom is 0.183 e. The number of hydrogen-bond donors (Lipinski definition) is 1. The number of hydrogen-bond acceptors (Lipinski definition) is 4. The molecule has 1 N–H and O–H groups in total. The molecule has 3 heterocycles. The van der Waals surface area contributed by atoms with E-state index in [9.17, 15) is 8.78 Å². The number of benzene rings is 2. The molecule has 5 aromatic rings. The van der Waals surface area contributed by atoms with Gasteiger partial charge in [-0.3, -0.25) is 9.97 Å². The Balaban J connectivity index is 1.45. The highest BCUT2D eigenvalue weighted by molar-refractivity contribution is 6.04. The van der Waals surface area contributed by atoms with Crippen LogP contribution < -0.4 is 0 Å². The fourth-order valence-corrected chi connectivity index (χ4v) is 4.09. The lowest BCUT2D eigenvalue weighted by atomic mass is 10.1. The van der Waals surface area contributed by atoms with Crippen molar-refractivity contribution in [3.63, 3.8) is 0 Å². The van der Waals surface area contributed by atoms with Crippen LogP contribution in [-0.4, -0.2) is 39.3 Å². The van der Waals surface area contributed by atoms with Crippen LogP contribution in [0.1, 0.15) is 17.1 Å². The van der Waals surface area contributed by atoms with Crippen molar-refractivity contribution in [3.8, 4) is 22.6 Å². The summed E-state index contributed by atoms with van der Waals surface area (Å²) in [6, 6.07) is 19.6. The van der Waals surface area contributed by atoms with Crippen LogP contribution >= 0.6 is 0 Å². The number of imidazole rings is 1. The Bertz CT molecular complexity index is 1480. The van der Waals surface area contributed by atoms with E-state index in [1.54, 1.807) is 6.20 Å². The predicted octanol–water partition coefficient (Wildman–Crippen LogP) is 5.40. The highest BCUT2D eigenvalue weighted by atomic mass is 19.1. The molecular weight excluding hydrogens is 443 g/mol. The van der Waals surface area contributed by atoms with Crippen molar-refractivity contribution in [1.29, 1.82) is 0 Å². The first-order chi connectivity index (χ1) is 17.0. The maximum atomic E-state index is 14.0. The number of pyridine rings is 2. The van der Waals surface area contributed by atoms with Gasteiger partial charge in [-0.05, 0) is 62.4 Å². The van der Waals surface area contributed by atoms with Gasteiger partial charge in [-0.1, -0.05) is 24.3 Å². The third kappa shape index (κ3) is 4.98. The molecule has 5 rings (SSSR count). The number of fused-ring (bicyclic) bond motifs is 1. The van der Waals surface area contributed by atoms with E-state index < -0.39 is 11.6 Å². The Kier molecular flexibility index (Phi) is 6.38. The molecule has 0 saturated heterocycles. The minimum atomic E-state index is -0.572. The van der Waals surface area contributed by atoms with Crippen LogP contribution in [-0.2, 0) is 13.0 Å². The summed E-state index contributed by atoms with van der Waals surface area (Å²) >= 11 is 0. The SMILES string of the molecule is [B]N(CCc1c(F)cccc1F)Cc1nc(-c2ccc3ncccc3c2)c(-c2cccc(C)n2)[nH]1. The molecule has 0 fully saturated rings. The van der Waals surface area contributed by atoms with Crippen LogP contribution in [0.25, 0.3) is 33.5 Å². The third-order valence-electron chi connectivity index (χ3n) is 5.84. The zero-order valence-corrected chi connectivity index (χ0v) is 19.2. The van der Waals surface area contributed by atoms with Gasteiger partial charge in [-0.15, -0.1) is 0 Å². The van der Waals surface area contributed by atoms with E-state index in [-0.39, 0.29) is 25.1 Å². The summed E-state index contributed by atoms with van der Waals surface area (Å²) in [5, 5.41) is 1.00. The summed E-state index contributed by atoms with van der Waals surface area (Å²) in [7, 11) is 6.19. The van der Waals surface area contributed by atoms with Gasteiger partial charge in [0, 0.05) is 34.9 Å². The molecule has 0 amide bonds. The van der Waals surface area contributed by atoms with Gasteiger partial charge < -0.3 is 9.79 Å². The molecule has 2 aromatic carbocycles. The van der Waals surface area contributed by atoms with E-state index in [1.807, 2.05) is 55.5 Å². The Labute approximate surface area is 203 Å². The van der Waals surface area contributed by atoms with E-state index in [1.165, 1.54) is 23.0 Å². The summed E-state index contributed by atoms with van der Waals surface area (Å²) in [4.78, 5) is 18.8. The number of nitrogens with one attached hydrogen (secondary N) is 1. The van der Waals surface area contributed by atoms with Crippen LogP contribution in [0.15, 0.2) is 72.9 Å². The van der Waals surface area contributed by atoms with Crippen molar-refractivity contribution in [2.24, 2.45) is 0 Å². The molecule has 0 bridgehead atoms. The lowest BCUT2D eigenvalue weighted by Gasteiger charge is -2.16. The van der Waals surface area contributed by atoms with Crippen molar-refractivity contribution in [1.82, 2.24) is 24.7 Å². The molecule has 0 spiro atoms. The van der Waals surface area contributed by atoms with Crippen LogP contribution in [0.2, 0.25) is 0 Å². The maximum absolute atomic E-state index is 14.0. The molecule has 35 heavy (non-hydrogen) atoms. The Morgan fingerprint density at radius 1 is 0.943 bits per heavy atom. The average molecular weight is 465 g/mol. The molecule has 172 valence electrons. The van der Waals surface area contributed by atoms with Gasteiger partial charge in [0.2, 0.25) is 0 Å². The van der Waals surface area contributed by atoms with E-state index >= 15 is 0 Å². The highest BCUT2D eigenvalue weighted by Gasteiger charge is 2.17. The summed E-state index contributed by atoms with van der Waals surface area (Å²) in [5.41, 5.74) is 5.02. The fourth-order valence-electron chi connectivity index (χ4n) is 4.09. The van der Waals surface area contributed by atoms with Crippen LogP contribution in [0.3, 0.4) is 0 Å². The Morgan fingerprint density at radius 2 is 1.74 bits per heavy atom. The Morgan fingerprint density at radius 3 is 2.54 bits per heavy atom. The second-order valence-corrected chi connectivity index (χ2v) is 8.40. The summed E-state index contributed by atoms with van der Waals surface area (Å²) in [6.07, 6.45) is 1.91. The van der Waals surface area contributed by atoms with Crippen molar-refractivity contribution in [2.45, 2.75) is 19.9 Å². The summed E-state index contributed by atoms with van der Waals surface area (Å²) in [5.74, 6) is -0.518. The molecule has 2 radical (unpaired) electrons. The monoisotopic (exact) mass is 465 g/mol. The molecule has 0 unspecified atom stereocenters. The second kappa shape index (κ2) is 9.76. The standard InChI is InChI=1S/C27H22BF2N5/c1-17-5-2-9-24(32-17)27-26(19-10-11-23-18(15-19)6-4-13-31-23)33-25(34-27)16-35(28)14-12-20-21(29)7-3-8-22(20)30/h2-11,13,15H,12,14,16H2,1H3,(H,33,34). The number of halogens is 2. The van der Waals surface area contributed by atoms with Crippen molar-refractivity contribution < 1.29 is 8.78 Å². The third-order valence-corrected chi connectivity index (χ3v) is 5.84. The zero-order valence-electron chi connectivity index (χ0n) is 19.2. The first-order valence-electron chi connectivity index (χ1n) is 11.3. The van der Waals surface area contributed by atoms with Crippen molar-refractivity contribution in [2.75, 3.05) is 6.54 Å². The number of rotatable bonds is 7. The first kappa shape index (κ1) is 22.9. The zero-order chi connectivity index (χ0) is 24.4. The molecule has 3 aromatic heterocycles. The lowest BCUT2D eigenvalue weighted by molar-refractivity contribution is 0.431. The predicted molar refractivity (Wildman–Crippen MR) is 134 cm³/mol. The molecule has 0 saturated carbocycles. The van der Waals surface area contributed by atoms with E-state index in [4.69, 9.17) is 13.0 Å². The van der Waals surface area contributed by atoms with E-state index in [0.717, 1.165) is 39.2 Å². The average Bonchev–Trinajstić information content (AvgIpc) is 3.27. The molecule has 0 aliphatic rings. The smallest absolute Gasteiger partial charge is 0.183 e. The van der Waals surface area contributed by atoms with Crippen molar-refractivity contribution >= 4 is 18.9 Å². The Hall–Kier alpha value is -3.91. The van der Waals surface area contributed by atoms with Gasteiger partial charge in [0.1, 0.15) is 17.5 Å². The number of aromatic amines is 1. The lowest BCUT2D eigenvalue weighted by Crippen LogP contribution is -2.23. The molecule has 5 nitrogen and oxygen atoms in total. The molecule has 8 heteroatoms. The number of aromatic nitrogens is 4. The van der Waals surface area contributed by atoms with Crippen LogP contribution in [0, 0.1) is 18.6 Å². The van der Waals surface area contributed by atoms with Gasteiger partial charge >= 0.3 is 0 Å². The second-order valence-electron chi connectivity index (χ2n) is 8.40. The van der Waals surface area contributed by atoms with Gasteiger partial charge in [0.25, 0.3) is 0 Å². The molecule has 0 aliphatic heterocycles. The van der Waals surface area contributed by atoms with Crippen LogP contribution in [0.4, 0.5) is 8.78 Å². The minimum Gasteiger partial charge on any atom is -0.347 e. The van der Waals surface area contributed by atoms with Gasteiger partial charge in [-0.2, -0.15) is 0 Å². The quantitative estimate of drug-likeness (QED) is 0.327. The number of H-pyrrole nitrogens is 1. The normalized spacial score (nSPS) is 11.4. The molecule has 0 atom stereocenters. The van der Waals surface area contributed by atoms with Gasteiger partial charge in [0.15, 0.2) is 7.98 Å². The van der Waals surface area contributed by atoms with Gasteiger partial charge in [-0.25, -0.2) is 13.8 Å². The van der Waals surface area contributed by atoms with E-state index in [0.29, 0.717) is 5.82 Å².